The molecule has 6 nitrogen and oxygen atoms in total. The van der Waals surface area contributed by atoms with Gasteiger partial charge in [0.25, 0.3) is 5.89 Å². The summed E-state index contributed by atoms with van der Waals surface area (Å²) in [6.07, 6.45) is -2.90. The molecule has 1 aromatic heterocycles. The Morgan fingerprint density at radius 2 is 1.87 bits per heavy atom. The Hall–Kier alpha value is -3.01. The van der Waals surface area contributed by atoms with Crippen LogP contribution in [0.3, 0.4) is 0 Å². The number of urea groups is 1. The second-order valence-corrected chi connectivity index (χ2v) is 8.08. The third-order valence-electron chi connectivity index (χ3n) is 4.84. The van der Waals surface area contributed by atoms with Gasteiger partial charge in [-0.1, -0.05) is 24.3 Å². The Bertz CT molecular complexity index is 1040. The van der Waals surface area contributed by atoms with Gasteiger partial charge in [0.05, 0.1) is 6.54 Å². The minimum absolute atomic E-state index is 0.0186. The van der Waals surface area contributed by atoms with Gasteiger partial charge in [-0.2, -0.15) is 20.5 Å². The van der Waals surface area contributed by atoms with Gasteiger partial charge in [0.2, 0.25) is 5.89 Å². The zero-order valence-electron chi connectivity index (χ0n) is 16.4. The molecular formula is C21H19F3N4O2S. The largest absolute Gasteiger partial charge is 0.415 e. The van der Waals surface area contributed by atoms with Gasteiger partial charge in [0, 0.05) is 41.4 Å². The first kappa shape index (κ1) is 21.2. The van der Waals surface area contributed by atoms with E-state index in [1.807, 2.05) is 18.2 Å². The smallest absolute Gasteiger partial charge is 0.324 e. The fraction of sp³-hybridized carbons (Fsp3) is 0.286. The third kappa shape index (κ3) is 4.84. The number of halogens is 3. The van der Waals surface area contributed by atoms with E-state index in [1.165, 1.54) is 17.0 Å². The highest BCUT2D eigenvalue weighted by molar-refractivity contribution is 7.99. The molecule has 10 heteroatoms. The molecule has 162 valence electrons. The summed E-state index contributed by atoms with van der Waals surface area (Å²) < 4.78 is 45.1. The molecule has 2 heterocycles. The van der Waals surface area contributed by atoms with E-state index in [0.29, 0.717) is 18.8 Å². The molecule has 1 aliphatic rings. The summed E-state index contributed by atoms with van der Waals surface area (Å²) in [6.45, 7) is 1.29. The molecule has 2 aromatic carbocycles. The van der Waals surface area contributed by atoms with Crippen molar-refractivity contribution in [3.8, 4) is 11.5 Å². The zero-order chi connectivity index (χ0) is 21.8. The molecule has 1 saturated heterocycles. The highest BCUT2D eigenvalue weighted by Gasteiger charge is 2.25. The van der Waals surface area contributed by atoms with Crippen LogP contribution in [0.4, 0.5) is 23.7 Å². The molecule has 2 amide bonds. The van der Waals surface area contributed by atoms with E-state index in [4.69, 9.17) is 4.42 Å². The Kier molecular flexibility index (Phi) is 6.45. The van der Waals surface area contributed by atoms with Gasteiger partial charge >= 0.3 is 12.5 Å². The first-order valence-corrected chi connectivity index (χ1v) is 10.8. The van der Waals surface area contributed by atoms with Crippen LogP contribution in [-0.2, 0) is 6.54 Å². The van der Waals surface area contributed by atoms with E-state index in [0.717, 1.165) is 17.6 Å². The van der Waals surface area contributed by atoms with Crippen LogP contribution >= 0.6 is 11.8 Å². The Morgan fingerprint density at radius 3 is 2.52 bits per heavy atom. The van der Waals surface area contributed by atoms with E-state index in [9.17, 15) is 18.0 Å². The number of hydrogen-bond acceptors (Lipinski definition) is 5. The molecule has 1 fully saturated rings. The standard InChI is InChI=1S/C21H19F3N4O2S/c22-17-12-14(19-25-26-20(30-19)18(23)24)6-7-15(17)13-28(16-4-2-1-3-5-16)21(29)27-8-10-31-11-9-27/h1-7,12,18H,8-11,13H2. The average Bonchev–Trinajstić information content (AvgIpc) is 3.30. The number of amides is 2. The van der Waals surface area contributed by atoms with Crippen LogP contribution in [0.25, 0.3) is 11.5 Å². The van der Waals surface area contributed by atoms with Crippen molar-refractivity contribution >= 4 is 23.5 Å². The van der Waals surface area contributed by atoms with Crippen LogP contribution in [0.15, 0.2) is 52.9 Å². The molecule has 0 bridgehead atoms. The number of nitrogens with zero attached hydrogens (tertiary/aromatic N) is 4. The molecule has 4 rings (SSSR count). The fourth-order valence-electron chi connectivity index (χ4n) is 3.22. The molecule has 0 atom stereocenters. The summed E-state index contributed by atoms with van der Waals surface area (Å²) in [5, 5.41) is 6.80. The highest BCUT2D eigenvalue weighted by atomic mass is 32.2. The van der Waals surface area contributed by atoms with E-state index in [-0.39, 0.29) is 29.6 Å². The second-order valence-electron chi connectivity index (χ2n) is 6.86. The lowest BCUT2D eigenvalue weighted by Gasteiger charge is -2.33. The summed E-state index contributed by atoms with van der Waals surface area (Å²) in [5.74, 6) is 0.115. The van der Waals surface area contributed by atoms with Gasteiger partial charge in [-0.25, -0.2) is 9.18 Å². The van der Waals surface area contributed by atoms with Crippen molar-refractivity contribution in [1.29, 1.82) is 0 Å². The van der Waals surface area contributed by atoms with Crippen molar-refractivity contribution in [2.24, 2.45) is 0 Å². The lowest BCUT2D eigenvalue weighted by atomic mass is 10.1. The molecule has 0 N–H and O–H groups in total. The van der Waals surface area contributed by atoms with Gasteiger partial charge in [0.15, 0.2) is 0 Å². The molecule has 0 aliphatic carbocycles. The van der Waals surface area contributed by atoms with Crippen LogP contribution < -0.4 is 4.90 Å². The van der Waals surface area contributed by atoms with E-state index < -0.39 is 18.1 Å². The molecule has 1 aliphatic heterocycles. The number of hydrogen-bond donors (Lipinski definition) is 0. The fourth-order valence-corrected chi connectivity index (χ4v) is 4.12. The molecule has 31 heavy (non-hydrogen) atoms. The number of anilines is 1. The maximum Gasteiger partial charge on any atom is 0.324 e. The van der Waals surface area contributed by atoms with Crippen LogP contribution in [-0.4, -0.2) is 45.7 Å². The first-order chi connectivity index (χ1) is 15.0. The second kappa shape index (κ2) is 9.42. The van der Waals surface area contributed by atoms with E-state index in [2.05, 4.69) is 10.2 Å². The number of benzene rings is 2. The van der Waals surface area contributed by atoms with E-state index in [1.54, 1.807) is 28.8 Å². The normalized spacial score (nSPS) is 14.1. The van der Waals surface area contributed by atoms with Crippen LogP contribution in [0, 0.1) is 5.82 Å². The molecule has 0 saturated carbocycles. The minimum Gasteiger partial charge on any atom is -0.415 e. The lowest BCUT2D eigenvalue weighted by molar-refractivity contribution is 0.116. The molecule has 0 unspecified atom stereocenters. The SMILES string of the molecule is O=C(N1CCSCC1)N(Cc1ccc(-c2nnc(C(F)F)o2)cc1F)c1ccccc1. The maximum atomic E-state index is 14.9. The predicted octanol–water partition coefficient (Wildman–Crippen LogP) is 4.99. The molecule has 0 spiro atoms. The van der Waals surface area contributed by atoms with Gasteiger partial charge in [-0.3, -0.25) is 4.90 Å². The topological polar surface area (TPSA) is 62.5 Å². The maximum absolute atomic E-state index is 14.9. The van der Waals surface area contributed by atoms with Gasteiger partial charge in [-0.05, 0) is 24.3 Å². The zero-order valence-corrected chi connectivity index (χ0v) is 17.2. The van der Waals surface area contributed by atoms with Crippen LogP contribution in [0.2, 0.25) is 0 Å². The number of carbonyl (C=O) groups excluding carboxylic acids is 1. The number of alkyl halides is 2. The Morgan fingerprint density at radius 1 is 1.13 bits per heavy atom. The monoisotopic (exact) mass is 448 g/mol. The summed E-state index contributed by atoms with van der Waals surface area (Å²) in [7, 11) is 0. The summed E-state index contributed by atoms with van der Waals surface area (Å²) in [5.41, 5.74) is 1.12. The number of para-hydroxylation sites is 1. The van der Waals surface area contributed by atoms with Crippen molar-refractivity contribution in [1.82, 2.24) is 15.1 Å². The van der Waals surface area contributed by atoms with Gasteiger partial charge < -0.3 is 9.32 Å². The van der Waals surface area contributed by atoms with Crippen LogP contribution in [0.1, 0.15) is 17.9 Å². The van der Waals surface area contributed by atoms with Gasteiger partial charge in [0.1, 0.15) is 5.82 Å². The van der Waals surface area contributed by atoms with Gasteiger partial charge in [-0.15, -0.1) is 10.2 Å². The minimum atomic E-state index is -2.90. The Labute approximate surface area is 181 Å². The van der Waals surface area contributed by atoms with E-state index >= 15 is 0 Å². The molecular weight excluding hydrogens is 429 g/mol. The highest BCUT2D eigenvalue weighted by Crippen LogP contribution is 2.27. The van der Waals surface area contributed by atoms with Crippen molar-refractivity contribution in [3.05, 3.63) is 65.8 Å². The number of thioether (sulfide) groups is 1. The lowest BCUT2D eigenvalue weighted by Crippen LogP contribution is -2.46. The first-order valence-electron chi connectivity index (χ1n) is 9.62. The summed E-state index contributed by atoms with van der Waals surface area (Å²) in [6, 6.07) is 13.0. The van der Waals surface area contributed by atoms with Crippen molar-refractivity contribution in [3.63, 3.8) is 0 Å². The summed E-state index contributed by atoms with van der Waals surface area (Å²) >= 11 is 1.79. The average molecular weight is 448 g/mol. The number of rotatable bonds is 5. The molecule has 3 aromatic rings. The predicted molar refractivity (Wildman–Crippen MR) is 112 cm³/mol. The summed E-state index contributed by atoms with van der Waals surface area (Å²) in [4.78, 5) is 16.5. The Balaban J connectivity index is 1.59. The van der Waals surface area contributed by atoms with Crippen molar-refractivity contribution < 1.29 is 22.4 Å². The van der Waals surface area contributed by atoms with Crippen molar-refractivity contribution in [2.45, 2.75) is 13.0 Å². The number of aromatic nitrogens is 2. The number of carbonyl (C=O) groups is 1. The molecule has 0 radical (unpaired) electrons. The van der Waals surface area contributed by atoms with Crippen LogP contribution in [0.5, 0.6) is 0 Å². The quantitative estimate of drug-likeness (QED) is 0.550. The third-order valence-corrected chi connectivity index (χ3v) is 5.78. The van der Waals surface area contributed by atoms with Crippen molar-refractivity contribution in [2.75, 3.05) is 29.5 Å².